The quantitative estimate of drug-likeness (QED) is 0.787. The summed E-state index contributed by atoms with van der Waals surface area (Å²) < 4.78 is 12.7. The van der Waals surface area contributed by atoms with Gasteiger partial charge in [0.25, 0.3) is 5.24 Å². The fourth-order valence-corrected chi connectivity index (χ4v) is 1.68. The highest BCUT2D eigenvalue weighted by molar-refractivity contribution is 6.68. The van der Waals surface area contributed by atoms with Gasteiger partial charge in [-0.1, -0.05) is 11.6 Å². The topological polar surface area (TPSA) is 42.9 Å². The number of nitrogens with zero attached hydrogens (tertiary/aromatic N) is 2. The van der Waals surface area contributed by atoms with Crippen molar-refractivity contribution in [1.29, 1.82) is 0 Å². The van der Waals surface area contributed by atoms with Gasteiger partial charge < -0.3 is 0 Å². The lowest BCUT2D eigenvalue weighted by Gasteiger charge is -2.03. The normalized spacial score (nSPS) is 10.3. The molecule has 86 valence electrons. The molecule has 6 heteroatoms. The highest BCUT2D eigenvalue weighted by Crippen LogP contribution is 2.24. The van der Waals surface area contributed by atoms with Gasteiger partial charge in [-0.3, -0.25) is 4.79 Å². The van der Waals surface area contributed by atoms with Gasteiger partial charge in [-0.05, 0) is 29.8 Å². The van der Waals surface area contributed by atoms with Crippen LogP contribution >= 0.6 is 23.2 Å². The second-order valence-corrected chi connectivity index (χ2v) is 3.94. The van der Waals surface area contributed by atoms with Crippen molar-refractivity contribution in [2.24, 2.45) is 0 Å². The number of aromatic nitrogens is 2. The lowest BCUT2D eigenvalue weighted by Crippen LogP contribution is -1.94. The van der Waals surface area contributed by atoms with E-state index in [1.807, 2.05) is 0 Å². The molecule has 0 unspecified atom stereocenters. The minimum atomic E-state index is -0.668. The molecule has 0 amide bonds. The fraction of sp³-hybridized carbons (Fsp3) is 0. The van der Waals surface area contributed by atoms with E-state index in [2.05, 4.69) is 9.97 Å². The number of halogens is 3. The maximum atomic E-state index is 12.7. The maximum absolute atomic E-state index is 12.7. The molecule has 0 bridgehead atoms. The van der Waals surface area contributed by atoms with E-state index in [1.165, 1.54) is 12.1 Å². The lowest BCUT2D eigenvalue weighted by atomic mass is 10.1. The van der Waals surface area contributed by atoms with Crippen molar-refractivity contribution in [3.05, 3.63) is 47.0 Å². The number of benzene rings is 1. The predicted octanol–water partition coefficient (Wildman–Crippen LogP) is 3.32. The molecule has 1 aromatic carbocycles. The Morgan fingerprint density at radius 3 is 2.47 bits per heavy atom. The van der Waals surface area contributed by atoms with Gasteiger partial charge in [-0.15, -0.1) is 0 Å². The first-order valence-corrected chi connectivity index (χ1v) is 5.31. The number of carbonyl (C=O) groups is 1. The summed E-state index contributed by atoms with van der Waals surface area (Å²) in [6.07, 6.45) is 2.08. The summed E-state index contributed by atoms with van der Waals surface area (Å²) in [7, 11) is 0. The molecule has 1 aromatic heterocycles. The third-order valence-electron chi connectivity index (χ3n) is 2.06. The summed E-state index contributed by atoms with van der Waals surface area (Å²) in [6, 6.07) is 4.60. The molecule has 0 saturated carbocycles. The number of hydrogen-bond donors (Lipinski definition) is 0. The number of hydrogen-bond acceptors (Lipinski definition) is 3. The van der Waals surface area contributed by atoms with Crippen LogP contribution < -0.4 is 0 Å². The Hall–Kier alpha value is -1.52. The molecular formula is C11H5Cl2FN2O. The van der Waals surface area contributed by atoms with Gasteiger partial charge in [-0.2, -0.15) is 0 Å². The zero-order valence-electron chi connectivity index (χ0n) is 8.32. The van der Waals surface area contributed by atoms with Crippen molar-refractivity contribution >= 4 is 28.4 Å². The van der Waals surface area contributed by atoms with Crippen molar-refractivity contribution in [2.45, 2.75) is 0 Å². The van der Waals surface area contributed by atoms with E-state index in [9.17, 15) is 9.18 Å². The van der Waals surface area contributed by atoms with E-state index in [0.29, 0.717) is 11.4 Å². The molecule has 2 aromatic rings. The van der Waals surface area contributed by atoms with Crippen molar-refractivity contribution in [3.63, 3.8) is 0 Å². The van der Waals surface area contributed by atoms with Gasteiger partial charge in [0, 0.05) is 5.56 Å². The van der Waals surface area contributed by atoms with E-state index in [-0.39, 0.29) is 10.6 Å². The van der Waals surface area contributed by atoms with Crippen molar-refractivity contribution in [2.75, 3.05) is 0 Å². The van der Waals surface area contributed by atoms with Crippen LogP contribution in [0.4, 0.5) is 4.39 Å². The molecule has 0 fully saturated rings. The number of carbonyl (C=O) groups excluding carboxylic acids is 1. The Morgan fingerprint density at radius 1 is 1.24 bits per heavy atom. The molecule has 1 heterocycles. The maximum Gasteiger partial charge on any atom is 0.253 e. The highest BCUT2D eigenvalue weighted by atomic mass is 35.5. The summed E-state index contributed by atoms with van der Waals surface area (Å²) in [6.45, 7) is 0. The minimum Gasteiger partial charge on any atom is -0.276 e. The van der Waals surface area contributed by atoms with Crippen LogP contribution in [0.15, 0.2) is 30.6 Å². The third kappa shape index (κ3) is 2.60. The Morgan fingerprint density at radius 2 is 1.88 bits per heavy atom. The Kier molecular flexibility index (Phi) is 3.36. The van der Waals surface area contributed by atoms with Gasteiger partial charge in [0.15, 0.2) is 11.6 Å². The smallest absolute Gasteiger partial charge is 0.253 e. The van der Waals surface area contributed by atoms with Crippen molar-refractivity contribution < 1.29 is 9.18 Å². The molecule has 3 nitrogen and oxygen atoms in total. The van der Waals surface area contributed by atoms with Crippen LogP contribution in [0.5, 0.6) is 0 Å². The van der Waals surface area contributed by atoms with E-state index in [0.717, 1.165) is 12.4 Å². The minimum absolute atomic E-state index is 0.166. The summed E-state index contributed by atoms with van der Waals surface area (Å²) in [5.74, 6) is -0.237. The van der Waals surface area contributed by atoms with Crippen LogP contribution in [0, 0.1) is 5.82 Å². The van der Waals surface area contributed by atoms with Crippen LogP contribution in [0.2, 0.25) is 5.02 Å². The number of rotatable bonds is 2. The Bertz CT molecular complexity index is 572. The predicted molar refractivity (Wildman–Crippen MR) is 62.6 cm³/mol. The van der Waals surface area contributed by atoms with Gasteiger partial charge in [0.1, 0.15) is 0 Å². The van der Waals surface area contributed by atoms with Crippen LogP contribution in [-0.4, -0.2) is 15.2 Å². The average molecular weight is 271 g/mol. The van der Waals surface area contributed by atoms with Gasteiger partial charge in [0.2, 0.25) is 0 Å². The molecule has 0 aliphatic heterocycles. The summed E-state index contributed by atoms with van der Waals surface area (Å²) in [5.41, 5.74) is 0.706. The van der Waals surface area contributed by atoms with Crippen molar-refractivity contribution in [3.8, 4) is 11.4 Å². The molecule has 0 radical (unpaired) electrons. The molecule has 0 saturated heterocycles. The molecule has 17 heavy (non-hydrogen) atoms. The molecule has 0 N–H and O–H groups in total. The first kappa shape index (κ1) is 12.0. The summed E-state index contributed by atoms with van der Waals surface area (Å²) in [5, 5.41) is -0.421. The van der Waals surface area contributed by atoms with Crippen LogP contribution in [-0.2, 0) is 0 Å². The van der Waals surface area contributed by atoms with Crippen LogP contribution in [0.25, 0.3) is 11.4 Å². The highest BCUT2D eigenvalue weighted by Gasteiger charge is 2.10. The first-order valence-electron chi connectivity index (χ1n) is 4.55. The second kappa shape index (κ2) is 4.77. The molecule has 0 aliphatic carbocycles. The molecular weight excluding hydrogens is 266 g/mol. The van der Waals surface area contributed by atoms with E-state index in [1.54, 1.807) is 6.07 Å². The molecule has 0 aliphatic rings. The first-order chi connectivity index (χ1) is 8.08. The monoisotopic (exact) mass is 270 g/mol. The lowest BCUT2D eigenvalue weighted by molar-refractivity contribution is 0.108. The largest absolute Gasteiger partial charge is 0.276 e. The Balaban J connectivity index is 2.50. The summed E-state index contributed by atoms with van der Waals surface area (Å²) >= 11 is 11.2. The fourth-order valence-electron chi connectivity index (χ4n) is 1.28. The van der Waals surface area contributed by atoms with E-state index < -0.39 is 11.1 Å². The zero-order chi connectivity index (χ0) is 12.4. The SMILES string of the molecule is O=C(Cl)c1cc(-c2ncc(F)cn2)ccc1Cl. The molecule has 2 rings (SSSR count). The standard InChI is InChI=1S/C11H5Cl2FN2O/c12-9-2-1-6(3-8(9)10(13)17)11-15-4-7(14)5-16-11/h1-5H. The van der Waals surface area contributed by atoms with Crippen molar-refractivity contribution in [1.82, 2.24) is 9.97 Å². The molecule has 0 spiro atoms. The van der Waals surface area contributed by atoms with Crippen LogP contribution in [0.3, 0.4) is 0 Å². The van der Waals surface area contributed by atoms with Gasteiger partial charge in [0.05, 0.1) is 23.0 Å². The van der Waals surface area contributed by atoms with E-state index in [4.69, 9.17) is 23.2 Å². The van der Waals surface area contributed by atoms with Gasteiger partial charge >= 0.3 is 0 Å². The zero-order valence-corrected chi connectivity index (χ0v) is 9.84. The Labute approximate surface area is 106 Å². The molecule has 0 atom stereocenters. The second-order valence-electron chi connectivity index (χ2n) is 3.19. The van der Waals surface area contributed by atoms with Crippen LogP contribution in [0.1, 0.15) is 10.4 Å². The van der Waals surface area contributed by atoms with E-state index >= 15 is 0 Å². The average Bonchev–Trinajstić information content (AvgIpc) is 2.30. The third-order valence-corrected chi connectivity index (χ3v) is 2.59. The summed E-state index contributed by atoms with van der Waals surface area (Å²) in [4.78, 5) is 18.7. The van der Waals surface area contributed by atoms with Gasteiger partial charge in [-0.25, -0.2) is 14.4 Å².